The van der Waals surface area contributed by atoms with E-state index in [2.05, 4.69) is 25.8 Å². The molecule has 2 atom stereocenters. The molecule has 2 aliphatic rings. The molecule has 0 unspecified atom stereocenters. The number of allylic oxidation sites excluding steroid dienone is 1. The van der Waals surface area contributed by atoms with Crippen molar-refractivity contribution in [3.63, 3.8) is 0 Å². The van der Waals surface area contributed by atoms with E-state index in [-0.39, 0.29) is 0 Å². The monoisotopic (exact) mass is 119 g/mol. The SMILES string of the molecule is C=C1C[C@H]2[CH][CH][CH][C@H]2C1. The minimum absolute atomic E-state index is 0.817. The maximum absolute atomic E-state index is 3.98. The van der Waals surface area contributed by atoms with E-state index < -0.39 is 0 Å². The molecule has 0 aromatic heterocycles. The van der Waals surface area contributed by atoms with Crippen molar-refractivity contribution in [2.75, 3.05) is 0 Å². The Kier molecular flexibility index (Phi) is 1.14. The molecule has 2 saturated carbocycles. The van der Waals surface area contributed by atoms with Crippen LogP contribution in [-0.4, -0.2) is 0 Å². The molecule has 2 rings (SSSR count). The predicted molar refractivity (Wildman–Crippen MR) is 38.3 cm³/mol. The lowest BCUT2D eigenvalue weighted by atomic mass is 10.0. The van der Waals surface area contributed by atoms with Gasteiger partial charge in [-0.1, -0.05) is 12.2 Å². The molecule has 0 heteroatoms. The summed E-state index contributed by atoms with van der Waals surface area (Å²) in [6, 6.07) is 0. The molecule has 0 heterocycles. The van der Waals surface area contributed by atoms with Gasteiger partial charge < -0.3 is 0 Å². The summed E-state index contributed by atoms with van der Waals surface area (Å²) >= 11 is 0. The summed E-state index contributed by atoms with van der Waals surface area (Å²) in [6.45, 7) is 3.98. The Bertz CT molecular complexity index is 121. The van der Waals surface area contributed by atoms with E-state index in [1.807, 2.05) is 0 Å². The molecular formula is C9H11. The number of hydrogen-bond acceptors (Lipinski definition) is 0. The molecule has 0 spiro atoms. The van der Waals surface area contributed by atoms with Crippen molar-refractivity contribution >= 4 is 0 Å². The normalized spacial score (nSPS) is 41.6. The van der Waals surface area contributed by atoms with Crippen molar-refractivity contribution < 1.29 is 0 Å². The average Bonchev–Trinajstić information content (AvgIpc) is 2.22. The fraction of sp³-hybridized carbons (Fsp3) is 0.444. The van der Waals surface area contributed by atoms with E-state index in [1.165, 1.54) is 18.4 Å². The van der Waals surface area contributed by atoms with E-state index in [0.29, 0.717) is 0 Å². The quantitative estimate of drug-likeness (QED) is 0.429. The van der Waals surface area contributed by atoms with Gasteiger partial charge in [0.15, 0.2) is 0 Å². The predicted octanol–water partition coefficient (Wildman–Crippen LogP) is 2.20. The molecule has 0 saturated heterocycles. The van der Waals surface area contributed by atoms with E-state index >= 15 is 0 Å². The largest absolute Gasteiger partial charge is 0.0998 e. The molecule has 2 aliphatic carbocycles. The van der Waals surface area contributed by atoms with Crippen molar-refractivity contribution in [1.29, 1.82) is 0 Å². The second-order valence-corrected chi connectivity index (χ2v) is 3.06. The van der Waals surface area contributed by atoms with Crippen LogP contribution in [0.5, 0.6) is 0 Å². The van der Waals surface area contributed by atoms with Gasteiger partial charge in [0.1, 0.15) is 0 Å². The van der Waals surface area contributed by atoms with Crippen LogP contribution in [0.4, 0.5) is 0 Å². The Morgan fingerprint density at radius 3 is 2.33 bits per heavy atom. The van der Waals surface area contributed by atoms with Gasteiger partial charge >= 0.3 is 0 Å². The summed E-state index contributed by atoms with van der Waals surface area (Å²) in [5.41, 5.74) is 1.44. The third-order valence-electron chi connectivity index (χ3n) is 2.32. The zero-order valence-electron chi connectivity index (χ0n) is 5.51. The Hall–Kier alpha value is -0.260. The van der Waals surface area contributed by atoms with Crippen LogP contribution in [0.2, 0.25) is 0 Å². The lowest BCUT2D eigenvalue weighted by molar-refractivity contribution is 0.551. The third-order valence-corrected chi connectivity index (χ3v) is 2.32. The molecule has 0 amide bonds. The molecule has 9 heavy (non-hydrogen) atoms. The molecule has 0 bridgehead atoms. The van der Waals surface area contributed by atoms with Gasteiger partial charge in [-0.15, -0.1) is 0 Å². The van der Waals surface area contributed by atoms with Crippen molar-refractivity contribution in [2.45, 2.75) is 12.8 Å². The van der Waals surface area contributed by atoms with Gasteiger partial charge in [-0.2, -0.15) is 0 Å². The van der Waals surface area contributed by atoms with Gasteiger partial charge in [-0.25, -0.2) is 0 Å². The summed E-state index contributed by atoms with van der Waals surface area (Å²) in [6.07, 6.45) is 9.28. The van der Waals surface area contributed by atoms with Gasteiger partial charge in [-0.05, 0) is 43.9 Å². The zero-order chi connectivity index (χ0) is 6.27. The van der Waals surface area contributed by atoms with E-state index in [1.54, 1.807) is 0 Å². The lowest BCUT2D eigenvalue weighted by Gasteiger charge is -2.03. The molecule has 0 aromatic carbocycles. The van der Waals surface area contributed by atoms with Crippen LogP contribution < -0.4 is 0 Å². The van der Waals surface area contributed by atoms with Crippen molar-refractivity contribution in [3.05, 3.63) is 31.4 Å². The first kappa shape index (κ1) is 5.52. The Balaban J connectivity index is 2.09. The smallest absolute Gasteiger partial charge is 0.0289 e. The van der Waals surface area contributed by atoms with Gasteiger partial charge in [0.05, 0.1) is 0 Å². The zero-order valence-corrected chi connectivity index (χ0v) is 5.51. The van der Waals surface area contributed by atoms with Crippen molar-refractivity contribution in [1.82, 2.24) is 0 Å². The Morgan fingerprint density at radius 2 is 1.78 bits per heavy atom. The third kappa shape index (κ3) is 0.810. The molecule has 0 aromatic rings. The minimum atomic E-state index is 0.817. The van der Waals surface area contributed by atoms with E-state index in [0.717, 1.165) is 11.8 Å². The molecule has 47 valence electrons. The number of fused-ring (bicyclic) bond motifs is 1. The lowest BCUT2D eigenvalue weighted by Crippen LogP contribution is -1.96. The maximum atomic E-state index is 3.98. The van der Waals surface area contributed by atoms with Crippen LogP contribution in [0.25, 0.3) is 0 Å². The standard InChI is InChI=1S/C9H11/c1-7-5-8-3-2-4-9(8)6-7/h2-4,8-9H,1,5-6H2/t8-,9+. The highest BCUT2D eigenvalue weighted by Crippen LogP contribution is 2.43. The molecule has 0 N–H and O–H groups in total. The summed E-state index contributed by atoms with van der Waals surface area (Å²) in [7, 11) is 0. The van der Waals surface area contributed by atoms with Crippen LogP contribution in [0, 0.1) is 31.1 Å². The van der Waals surface area contributed by atoms with Gasteiger partial charge in [0, 0.05) is 0 Å². The van der Waals surface area contributed by atoms with E-state index in [9.17, 15) is 0 Å². The van der Waals surface area contributed by atoms with Crippen LogP contribution in [0.3, 0.4) is 0 Å². The molecule has 0 nitrogen and oxygen atoms in total. The minimum Gasteiger partial charge on any atom is -0.0998 e. The highest BCUT2D eigenvalue weighted by atomic mass is 14.4. The van der Waals surface area contributed by atoms with Crippen molar-refractivity contribution in [3.8, 4) is 0 Å². The highest BCUT2D eigenvalue weighted by molar-refractivity contribution is 5.23. The Labute approximate surface area is 57.0 Å². The van der Waals surface area contributed by atoms with Crippen molar-refractivity contribution in [2.24, 2.45) is 11.8 Å². The molecular weight excluding hydrogens is 108 g/mol. The van der Waals surface area contributed by atoms with Gasteiger partial charge in [0.25, 0.3) is 0 Å². The first-order chi connectivity index (χ1) is 4.36. The summed E-state index contributed by atoms with van der Waals surface area (Å²) in [5, 5.41) is 0. The fourth-order valence-corrected chi connectivity index (χ4v) is 1.82. The average molecular weight is 119 g/mol. The topological polar surface area (TPSA) is 0 Å². The number of hydrogen-bond donors (Lipinski definition) is 0. The first-order valence-corrected chi connectivity index (χ1v) is 3.54. The van der Waals surface area contributed by atoms with E-state index in [4.69, 9.17) is 0 Å². The molecule has 0 aliphatic heterocycles. The maximum Gasteiger partial charge on any atom is -0.0289 e. The summed E-state index contributed by atoms with van der Waals surface area (Å²) < 4.78 is 0. The number of rotatable bonds is 0. The molecule has 2 fully saturated rings. The van der Waals surface area contributed by atoms with Gasteiger partial charge in [-0.3, -0.25) is 0 Å². The second-order valence-electron chi connectivity index (χ2n) is 3.06. The van der Waals surface area contributed by atoms with Crippen LogP contribution in [0.1, 0.15) is 12.8 Å². The summed E-state index contributed by atoms with van der Waals surface area (Å²) in [5.74, 6) is 1.63. The fourth-order valence-electron chi connectivity index (χ4n) is 1.82. The second kappa shape index (κ2) is 1.86. The van der Waals surface area contributed by atoms with Crippen LogP contribution >= 0.6 is 0 Å². The van der Waals surface area contributed by atoms with Crippen LogP contribution in [-0.2, 0) is 0 Å². The summed E-state index contributed by atoms with van der Waals surface area (Å²) in [4.78, 5) is 0. The van der Waals surface area contributed by atoms with Crippen LogP contribution in [0.15, 0.2) is 12.2 Å². The highest BCUT2D eigenvalue weighted by Gasteiger charge is 2.33. The molecule has 3 radical (unpaired) electrons. The Morgan fingerprint density at radius 1 is 1.22 bits per heavy atom. The van der Waals surface area contributed by atoms with Gasteiger partial charge in [0.2, 0.25) is 0 Å². The first-order valence-electron chi connectivity index (χ1n) is 3.54.